The van der Waals surface area contributed by atoms with Crippen molar-refractivity contribution in [2.75, 3.05) is 0 Å². The number of aromatic nitrogens is 1. The Bertz CT molecular complexity index is 382. The van der Waals surface area contributed by atoms with Crippen LogP contribution in [0.2, 0.25) is 0 Å². The largest absolute Gasteiger partial charge is 0.322 e. The molecule has 2 rings (SSSR count). The van der Waals surface area contributed by atoms with Crippen LogP contribution in [-0.4, -0.2) is 4.98 Å². The van der Waals surface area contributed by atoms with E-state index in [-0.39, 0.29) is 12.0 Å². The first-order valence-electron chi connectivity index (χ1n) is 5.50. The number of rotatable bonds is 3. The minimum atomic E-state index is -0.0522. The van der Waals surface area contributed by atoms with E-state index >= 15 is 0 Å². The van der Waals surface area contributed by atoms with E-state index in [1.54, 1.807) is 6.20 Å². The maximum absolute atomic E-state index is 6.21. The summed E-state index contributed by atoms with van der Waals surface area (Å²) in [7, 11) is 0. The SMILES string of the molecule is CC(c1ccccc1)C(N)c1ccccn1. The molecule has 2 N–H and O–H groups in total. The highest BCUT2D eigenvalue weighted by atomic mass is 14.8. The van der Waals surface area contributed by atoms with Crippen molar-refractivity contribution in [1.82, 2.24) is 4.98 Å². The van der Waals surface area contributed by atoms with Crippen LogP contribution in [0.3, 0.4) is 0 Å². The van der Waals surface area contributed by atoms with E-state index in [0.717, 1.165) is 5.69 Å². The first-order chi connectivity index (χ1) is 7.79. The second-order valence-corrected chi connectivity index (χ2v) is 3.98. The Morgan fingerprint density at radius 2 is 1.69 bits per heavy atom. The van der Waals surface area contributed by atoms with Gasteiger partial charge in [0, 0.05) is 12.1 Å². The maximum Gasteiger partial charge on any atom is 0.0577 e. The van der Waals surface area contributed by atoms with E-state index in [4.69, 9.17) is 5.73 Å². The Hall–Kier alpha value is -1.67. The number of hydrogen-bond donors (Lipinski definition) is 1. The van der Waals surface area contributed by atoms with Crippen LogP contribution in [0.15, 0.2) is 54.7 Å². The van der Waals surface area contributed by atoms with Gasteiger partial charge in [-0.25, -0.2) is 0 Å². The first kappa shape index (κ1) is 10.8. The number of benzene rings is 1. The van der Waals surface area contributed by atoms with Gasteiger partial charge in [-0.1, -0.05) is 43.3 Å². The van der Waals surface area contributed by atoms with Crippen LogP contribution in [0.1, 0.15) is 30.1 Å². The Kier molecular flexibility index (Phi) is 3.32. The van der Waals surface area contributed by atoms with E-state index < -0.39 is 0 Å². The third-order valence-electron chi connectivity index (χ3n) is 2.89. The summed E-state index contributed by atoms with van der Waals surface area (Å²) in [6, 6.07) is 16.1. The molecule has 2 heteroatoms. The Labute approximate surface area is 96.1 Å². The molecule has 0 aliphatic carbocycles. The summed E-state index contributed by atoms with van der Waals surface area (Å²) in [5.41, 5.74) is 8.40. The monoisotopic (exact) mass is 212 g/mol. The third-order valence-corrected chi connectivity index (χ3v) is 2.89. The van der Waals surface area contributed by atoms with Crippen molar-refractivity contribution in [3.63, 3.8) is 0 Å². The van der Waals surface area contributed by atoms with Crippen LogP contribution in [0.25, 0.3) is 0 Å². The molecule has 2 aromatic rings. The van der Waals surface area contributed by atoms with Crippen LogP contribution in [0.4, 0.5) is 0 Å². The van der Waals surface area contributed by atoms with E-state index in [1.807, 2.05) is 36.4 Å². The fourth-order valence-electron chi connectivity index (χ4n) is 1.79. The highest BCUT2D eigenvalue weighted by Crippen LogP contribution is 2.26. The number of nitrogens with zero attached hydrogens (tertiary/aromatic N) is 1. The Morgan fingerprint density at radius 3 is 2.31 bits per heavy atom. The lowest BCUT2D eigenvalue weighted by molar-refractivity contribution is 0.583. The lowest BCUT2D eigenvalue weighted by Crippen LogP contribution is -2.18. The smallest absolute Gasteiger partial charge is 0.0577 e. The zero-order chi connectivity index (χ0) is 11.4. The molecule has 0 amide bonds. The van der Waals surface area contributed by atoms with Gasteiger partial charge in [-0.2, -0.15) is 0 Å². The average Bonchev–Trinajstić information content (AvgIpc) is 2.39. The van der Waals surface area contributed by atoms with E-state index in [9.17, 15) is 0 Å². The first-order valence-corrected chi connectivity index (χ1v) is 5.50. The quantitative estimate of drug-likeness (QED) is 0.849. The fraction of sp³-hybridized carbons (Fsp3) is 0.214. The van der Waals surface area contributed by atoms with Crippen molar-refractivity contribution in [3.05, 3.63) is 66.0 Å². The van der Waals surface area contributed by atoms with E-state index in [2.05, 4.69) is 24.0 Å². The summed E-state index contributed by atoms with van der Waals surface area (Å²) in [6.07, 6.45) is 1.78. The summed E-state index contributed by atoms with van der Waals surface area (Å²) in [4.78, 5) is 4.30. The summed E-state index contributed by atoms with van der Waals surface area (Å²) < 4.78 is 0. The topological polar surface area (TPSA) is 38.9 Å². The van der Waals surface area contributed by atoms with E-state index in [0.29, 0.717) is 0 Å². The number of hydrogen-bond acceptors (Lipinski definition) is 2. The predicted molar refractivity (Wildman–Crippen MR) is 66.0 cm³/mol. The zero-order valence-corrected chi connectivity index (χ0v) is 9.38. The van der Waals surface area contributed by atoms with Gasteiger partial charge >= 0.3 is 0 Å². The summed E-state index contributed by atoms with van der Waals surface area (Å²) in [6.45, 7) is 2.13. The minimum absolute atomic E-state index is 0.0522. The highest BCUT2D eigenvalue weighted by molar-refractivity contribution is 5.23. The minimum Gasteiger partial charge on any atom is -0.322 e. The van der Waals surface area contributed by atoms with Crippen LogP contribution in [0, 0.1) is 0 Å². The van der Waals surface area contributed by atoms with Crippen molar-refractivity contribution < 1.29 is 0 Å². The summed E-state index contributed by atoms with van der Waals surface area (Å²) in [5, 5.41) is 0. The lowest BCUT2D eigenvalue weighted by Gasteiger charge is -2.19. The predicted octanol–water partition coefficient (Wildman–Crippen LogP) is 2.89. The number of pyridine rings is 1. The molecule has 2 unspecified atom stereocenters. The Balaban J connectivity index is 2.20. The van der Waals surface area contributed by atoms with Gasteiger partial charge in [0.2, 0.25) is 0 Å². The zero-order valence-electron chi connectivity index (χ0n) is 9.38. The van der Waals surface area contributed by atoms with Gasteiger partial charge < -0.3 is 5.73 Å². The molecule has 2 atom stereocenters. The molecule has 1 aromatic heterocycles. The van der Waals surface area contributed by atoms with Crippen LogP contribution < -0.4 is 5.73 Å². The van der Waals surface area contributed by atoms with Gasteiger partial charge in [0.1, 0.15) is 0 Å². The summed E-state index contributed by atoms with van der Waals surface area (Å²) in [5.74, 6) is 0.274. The molecule has 16 heavy (non-hydrogen) atoms. The molecule has 0 saturated heterocycles. The normalized spacial score (nSPS) is 14.4. The molecule has 0 aliphatic rings. The van der Waals surface area contributed by atoms with Crippen LogP contribution >= 0.6 is 0 Å². The van der Waals surface area contributed by atoms with Crippen LogP contribution in [0.5, 0.6) is 0 Å². The van der Waals surface area contributed by atoms with Crippen molar-refractivity contribution in [2.45, 2.75) is 18.9 Å². The van der Waals surface area contributed by atoms with Gasteiger partial charge in [-0.05, 0) is 17.7 Å². The van der Waals surface area contributed by atoms with Gasteiger partial charge in [0.15, 0.2) is 0 Å². The van der Waals surface area contributed by atoms with Crippen LogP contribution in [-0.2, 0) is 0 Å². The molecule has 0 radical (unpaired) electrons. The molecule has 0 bridgehead atoms. The second-order valence-electron chi connectivity index (χ2n) is 3.98. The van der Waals surface area contributed by atoms with Crippen molar-refractivity contribution in [3.8, 4) is 0 Å². The third kappa shape index (κ3) is 2.28. The van der Waals surface area contributed by atoms with Gasteiger partial charge in [0.05, 0.1) is 11.7 Å². The van der Waals surface area contributed by atoms with Crippen molar-refractivity contribution in [2.24, 2.45) is 5.73 Å². The highest BCUT2D eigenvalue weighted by Gasteiger charge is 2.16. The molecule has 1 aromatic carbocycles. The lowest BCUT2D eigenvalue weighted by atomic mass is 9.92. The molecule has 0 aliphatic heterocycles. The van der Waals surface area contributed by atoms with E-state index in [1.165, 1.54) is 5.56 Å². The molecular formula is C14H16N2. The Morgan fingerprint density at radius 1 is 1.00 bits per heavy atom. The fourth-order valence-corrected chi connectivity index (χ4v) is 1.79. The molecule has 82 valence electrons. The van der Waals surface area contributed by atoms with Crippen molar-refractivity contribution >= 4 is 0 Å². The average molecular weight is 212 g/mol. The molecule has 1 heterocycles. The van der Waals surface area contributed by atoms with Gasteiger partial charge in [0.25, 0.3) is 0 Å². The number of nitrogens with two attached hydrogens (primary N) is 1. The van der Waals surface area contributed by atoms with Gasteiger partial charge in [-0.3, -0.25) is 4.98 Å². The molecule has 0 fully saturated rings. The van der Waals surface area contributed by atoms with Crippen molar-refractivity contribution in [1.29, 1.82) is 0 Å². The molecule has 0 saturated carbocycles. The molecular weight excluding hydrogens is 196 g/mol. The maximum atomic E-state index is 6.21. The molecule has 0 spiro atoms. The summed E-state index contributed by atoms with van der Waals surface area (Å²) >= 11 is 0. The standard InChI is InChI=1S/C14H16N2/c1-11(12-7-3-2-4-8-12)14(15)13-9-5-6-10-16-13/h2-11,14H,15H2,1H3. The van der Waals surface area contributed by atoms with Gasteiger partial charge in [-0.15, -0.1) is 0 Å². The molecule has 2 nitrogen and oxygen atoms in total. The second kappa shape index (κ2) is 4.90.